The molecule has 4 heteroatoms. The van der Waals surface area contributed by atoms with Gasteiger partial charge in [-0.1, -0.05) is 0 Å². The summed E-state index contributed by atoms with van der Waals surface area (Å²) in [6.07, 6.45) is 5.21. The number of carbonyl (C=O) groups is 1. The Bertz CT molecular complexity index is 259. The van der Waals surface area contributed by atoms with Crippen molar-refractivity contribution in [2.45, 2.75) is 39.5 Å². The SMILES string of the molecule is CC(C)(CN)C(=O)N(CC1CC1)CC1CC1.Cl. The topological polar surface area (TPSA) is 46.3 Å². The molecule has 0 aromatic carbocycles. The Morgan fingerprint density at radius 2 is 1.59 bits per heavy atom. The molecular weight excluding hydrogens is 236 g/mol. The summed E-state index contributed by atoms with van der Waals surface area (Å²) in [5, 5.41) is 0. The van der Waals surface area contributed by atoms with Gasteiger partial charge >= 0.3 is 0 Å². The predicted molar refractivity (Wildman–Crippen MR) is 72.1 cm³/mol. The fraction of sp³-hybridized carbons (Fsp3) is 0.923. The van der Waals surface area contributed by atoms with E-state index in [1.54, 1.807) is 0 Å². The highest BCUT2D eigenvalue weighted by Gasteiger charge is 2.36. The first kappa shape index (κ1) is 14.8. The first-order valence-corrected chi connectivity index (χ1v) is 6.52. The molecule has 0 radical (unpaired) electrons. The predicted octanol–water partition coefficient (Wildman–Crippen LogP) is 2.04. The van der Waals surface area contributed by atoms with Crippen LogP contribution in [0.5, 0.6) is 0 Å². The molecule has 0 bridgehead atoms. The number of nitrogens with zero attached hydrogens (tertiary/aromatic N) is 1. The lowest BCUT2D eigenvalue weighted by Gasteiger charge is -2.31. The van der Waals surface area contributed by atoms with Crippen LogP contribution in [-0.2, 0) is 4.79 Å². The van der Waals surface area contributed by atoms with Crippen molar-refractivity contribution in [3.05, 3.63) is 0 Å². The largest absolute Gasteiger partial charge is 0.342 e. The van der Waals surface area contributed by atoms with E-state index in [0.717, 1.165) is 24.9 Å². The van der Waals surface area contributed by atoms with Crippen LogP contribution in [0.1, 0.15) is 39.5 Å². The average Bonchev–Trinajstić information content (AvgIpc) is 3.09. The summed E-state index contributed by atoms with van der Waals surface area (Å²) in [6.45, 7) is 6.31. The highest BCUT2D eigenvalue weighted by molar-refractivity contribution is 5.85. The maximum absolute atomic E-state index is 12.4. The quantitative estimate of drug-likeness (QED) is 0.795. The maximum Gasteiger partial charge on any atom is 0.229 e. The third-order valence-electron chi connectivity index (χ3n) is 3.73. The van der Waals surface area contributed by atoms with Crippen LogP contribution >= 0.6 is 12.4 Å². The van der Waals surface area contributed by atoms with Crippen LogP contribution in [0.3, 0.4) is 0 Å². The number of hydrogen-bond donors (Lipinski definition) is 1. The van der Waals surface area contributed by atoms with Crippen LogP contribution in [0, 0.1) is 17.3 Å². The molecule has 0 saturated heterocycles. The number of hydrogen-bond acceptors (Lipinski definition) is 2. The second kappa shape index (κ2) is 5.57. The Morgan fingerprint density at radius 1 is 1.18 bits per heavy atom. The van der Waals surface area contributed by atoms with E-state index in [-0.39, 0.29) is 23.7 Å². The van der Waals surface area contributed by atoms with Crippen LogP contribution in [0.2, 0.25) is 0 Å². The van der Waals surface area contributed by atoms with Crippen molar-refractivity contribution in [1.82, 2.24) is 4.90 Å². The molecule has 100 valence electrons. The molecule has 2 saturated carbocycles. The minimum absolute atomic E-state index is 0. The minimum atomic E-state index is -0.385. The molecule has 0 atom stereocenters. The van der Waals surface area contributed by atoms with Gasteiger partial charge in [0.2, 0.25) is 5.91 Å². The molecule has 3 nitrogen and oxygen atoms in total. The Kier molecular flexibility index (Phi) is 4.85. The van der Waals surface area contributed by atoms with Gasteiger partial charge in [0.15, 0.2) is 0 Å². The lowest BCUT2D eigenvalue weighted by Crippen LogP contribution is -2.46. The van der Waals surface area contributed by atoms with Gasteiger partial charge in [-0.05, 0) is 51.4 Å². The number of nitrogens with two attached hydrogens (primary N) is 1. The van der Waals surface area contributed by atoms with E-state index in [9.17, 15) is 4.79 Å². The van der Waals surface area contributed by atoms with Gasteiger partial charge in [-0.3, -0.25) is 4.79 Å². The van der Waals surface area contributed by atoms with Crippen LogP contribution in [-0.4, -0.2) is 30.4 Å². The Morgan fingerprint density at radius 3 is 1.88 bits per heavy atom. The van der Waals surface area contributed by atoms with Gasteiger partial charge in [0.1, 0.15) is 0 Å². The molecule has 0 aromatic heterocycles. The van der Waals surface area contributed by atoms with Gasteiger partial charge in [-0.2, -0.15) is 0 Å². The molecule has 2 aliphatic carbocycles. The summed E-state index contributed by atoms with van der Waals surface area (Å²) in [5.74, 6) is 1.81. The summed E-state index contributed by atoms with van der Waals surface area (Å²) in [6, 6.07) is 0. The minimum Gasteiger partial charge on any atom is -0.342 e. The zero-order valence-electron chi connectivity index (χ0n) is 10.9. The van der Waals surface area contributed by atoms with Crippen molar-refractivity contribution in [2.75, 3.05) is 19.6 Å². The molecule has 0 aromatic rings. The van der Waals surface area contributed by atoms with Crippen molar-refractivity contribution in [3.63, 3.8) is 0 Å². The average molecular weight is 261 g/mol. The Hall–Kier alpha value is -0.280. The third-order valence-corrected chi connectivity index (χ3v) is 3.73. The van der Waals surface area contributed by atoms with Gasteiger partial charge in [0, 0.05) is 19.6 Å². The van der Waals surface area contributed by atoms with Crippen LogP contribution in [0.4, 0.5) is 0 Å². The lowest BCUT2D eigenvalue weighted by atomic mass is 9.91. The molecule has 2 aliphatic rings. The van der Waals surface area contributed by atoms with Gasteiger partial charge in [-0.25, -0.2) is 0 Å². The fourth-order valence-corrected chi connectivity index (χ4v) is 1.98. The van der Waals surface area contributed by atoms with Crippen molar-refractivity contribution in [3.8, 4) is 0 Å². The van der Waals surface area contributed by atoms with E-state index in [1.165, 1.54) is 25.7 Å². The number of rotatable bonds is 6. The molecule has 2 N–H and O–H groups in total. The second-order valence-electron chi connectivity index (χ2n) is 6.18. The first-order chi connectivity index (χ1) is 7.53. The second-order valence-corrected chi connectivity index (χ2v) is 6.18. The molecule has 17 heavy (non-hydrogen) atoms. The van der Waals surface area contributed by atoms with Gasteiger partial charge < -0.3 is 10.6 Å². The normalized spacial score (nSPS) is 19.7. The van der Waals surface area contributed by atoms with E-state index in [1.807, 2.05) is 13.8 Å². The molecular formula is C13H25ClN2O. The van der Waals surface area contributed by atoms with Crippen molar-refractivity contribution < 1.29 is 4.79 Å². The third kappa shape index (κ3) is 4.14. The maximum atomic E-state index is 12.4. The molecule has 1 amide bonds. The van der Waals surface area contributed by atoms with E-state index in [2.05, 4.69) is 4.90 Å². The smallest absolute Gasteiger partial charge is 0.229 e. The Labute approximate surface area is 111 Å². The number of halogens is 1. The number of amides is 1. The fourth-order valence-electron chi connectivity index (χ4n) is 1.98. The van der Waals surface area contributed by atoms with Crippen molar-refractivity contribution in [2.24, 2.45) is 23.0 Å². The number of carbonyl (C=O) groups excluding carboxylic acids is 1. The zero-order valence-corrected chi connectivity index (χ0v) is 11.8. The van der Waals surface area contributed by atoms with Gasteiger partial charge in [-0.15, -0.1) is 12.4 Å². The summed E-state index contributed by atoms with van der Waals surface area (Å²) in [4.78, 5) is 14.5. The van der Waals surface area contributed by atoms with Crippen LogP contribution < -0.4 is 5.73 Å². The Balaban J connectivity index is 0.00000144. The first-order valence-electron chi connectivity index (χ1n) is 6.52. The van der Waals surface area contributed by atoms with Gasteiger partial charge in [0.25, 0.3) is 0 Å². The monoisotopic (exact) mass is 260 g/mol. The van der Waals surface area contributed by atoms with E-state index in [4.69, 9.17) is 5.73 Å². The molecule has 2 rings (SSSR count). The highest BCUT2D eigenvalue weighted by atomic mass is 35.5. The highest BCUT2D eigenvalue weighted by Crippen LogP contribution is 2.35. The summed E-state index contributed by atoms with van der Waals surface area (Å²) in [5.41, 5.74) is 5.31. The molecule has 0 spiro atoms. The summed E-state index contributed by atoms with van der Waals surface area (Å²) in [7, 11) is 0. The van der Waals surface area contributed by atoms with Crippen LogP contribution in [0.25, 0.3) is 0 Å². The lowest BCUT2D eigenvalue weighted by molar-refractivity contribution is -0.140. The van der Waals surface area contributed by atoms with E-state index < -0.39 is 0 Å². The van der Waals surface area contributed by atoms with Crippen LogP contribution in [0.15, 0.2) is 0 Å². The van der Waals surface area contributed by atoms with Crippen molar-refractivity contribution >= 4 is 18.3 Å². The molecule has 2 fully saturated rings. The molecule has 0 heterocycles. The standard InChI is InChI=1S/C13H24N2O.ClH/c1-13(2,9-14)12(16)15(7-10-3-4-10)8-11-5-6-11;/h10-11H,3-9,14H2,1-2H3;1H. The summed E-state index contributed by atoms with van der Waals surface area (Å²) >= 11 is 0. The molecule has 0 aliphatic heterocycles. The van der Waals surface area contributed by atoms with Gasteiger partial charge in [0.05, 0.1) is 5.41 Å². The molecule has 0 unspecified atom stereocenters. The zero-order chi connectivity index (χ0) is 11.8. The van der Waals surface area contributed by atoms with Crippen molar-refractivity contribution in [1.29, 1.82) is 0 Å². The summed E-state index contributed by atoms with van der Waals surface area (Å²) < 4.78 is 0. The van der Waals surface area contributed by atoms with E-state index in [0.29, 0.717) is 6.54 Å². The van der Waals surface area contributed by atoms with E-state index >= 15 is 0 Å².